The fourth-order valence-electron chi connectivity index (χ4n) is 2.45. The van der Waals surface area contributed by atoms with Gasteiger partial charge in [0.05, 0.1) is 0 Å². The molecule has 1 fully saturated rings. The largest absolute Gasteiger partial charge is 0.398 e. The van der Waals surface area contributed by atoms with Gasteiger partial charge in [-0.25, -0.2) is 4.39 Å². The Kier molecular flexibility index (Phi) is 5.71. The van der Waals surface area contributed by atoms with Gasteiger partial charge in [0.2, 0.25) is 5.91 Å². The minimum atomic E-state index is -0.332. The highest BCUT2D eigenvalue weighted by molar-refractivity contribution is 7.99. The molecule has 1 aromatic carbocycles. The zero-order valence-corrected chi connectivity index (χ0v) is 12.3. The third-order valence-corrected chi connectivity index (χ3v) is 4.62. The second-order valence-corrected chi connectivity index (χ2v) is 6.32. The van der Waals surface area contributed by atoms with Gasteiger partial charge in [-0.1, -0.05) is 19.3 Å². The second-order valence-electron chi connectivity index (χ2n) is 5.18. The highest BCUT2D eigenvalue weighted by atomic mass is 32.2. The van der Waals surface area contributed by atoms with Crippen molar-refractivity contribution in [2.24, 2.45) is 0 Å². The Hall–Kier alpha value is -1.23. The number of amides is 1. The molecule has 2 rings (SSSR count). The van der Waals surface area contributed by atoms with Crippen molar-refractivity contribution in [2.75, 3.05) is 11.5 Å². The van der Waals surface area contributed by atoms with Crippen molar-refractivity contribution in [3.05, 3.63) is 24.0 Å². The van der Waals surface area contributed by atoms with E-state index in [4.69, 9.17) is 5.73 Å². The number of halogens is 1. The molecule has 0 radical (unpaired) electrons. The SMILES string of the molecule is Nc1cc(F)ccc1SCCC(=O)NC1CCCCC1. The first-order valence-corrected chi connectivity index (χ1v) is 8.11. The summed E-state index contributed by atoms with van der Waals surface area (Å²) in [6, 6.07) is 4.72. The highest BCUT2D eigenvalue weighted by Gasteiger charge is 2.15. The van der Waals surface area contributed by atoms with Crippen LogP contribution in [0.4, 0.5) is 10.1 Å². The third kappa shape index (κ3) is 4.71. The molecule has 0 saturated heterocycles. The molecule has 5 heteroatoms. The van der Waals surface area contributed by atoms with Gasteiger partial charge in [0.25, 0.3) is 0 Å². The molecule has 110 valence electrons. The number of carbonyl (C=O) groups excluding carboxylic acids is 1. The Morgan fingerprint density at radius 1 is 1.35 bits per heavy atom. The van der Waals surface area contributed by atoms with E-state index in [1.807, 2.05) is 0 Å². The zero-order valence-electron chi connectivity index (χ0n) is 11.5. The van der Waals surface area contributed by atoms with Crippen LogP contribution in [0.5, 0.6) is 0 Å². The van der Waals surface area contributed by atoms with Crippen LogP contribution in [0.2, 0.25) is 0 Å². The molecule has 0 bridgehead atoms. The van der Waals surface area contributed by atoms with Gasteiger partial charge in [0, 0.05) is 28.8 Å². The quantitative estimate of drug-likeness (QED) is 0.647. The van der Waals surface area contributed by atoms with Gasteiger partial charge in [-0.3, -0.25) is 4.79 Å². The van der Waals surface area contributed by atoms with Crippen molar-refractivity contribution in [2.45, 2.75) is 49.5 Å². The molecule has 3 nitrogen and oxygen atoms in total. The number of hydrogen-bond donors (Lipinski definition) is 2. The molecule has 0 heterocycles. The van der Waals surface area contributed by atoms with Crippen molar-refractivity contribution < 1.29 is 9.18 Å². The molecule has 1 amide bonds. The van der Waals surface area contributed by atoms with E-state index < -0.39 is 0 Å². The van der Waals surface area contributed by atoms with Crippen LogP contribution in [0.15, 0.2) is 23.1 Å². The van der Waals surface area contributed by atoms with Gasteiger partial charge in [0.15, 0.2) is 0 Å². The van der Waals surface area contributed by atoms with Crippen molar-refractivity contribution >= 4 is 23.4 Å². The average molecular weight is 296 g/mol. The maximum Gasteiger partial charge on any atom is 0.221 e. The fraction of sp³-hybridized carbons (Fsp3) is 0.533. The highest BCUT2D eigenvalue weighted by Crippen LogP contribution is 2.26. The minimum absolute atomic E-state index is 0.102. The first-order chi connectivity index (χ1) is 9.65. The number of anilines is 1. The molecule has 1 saturated carbocycles. The Morgan fingerprint density at radius 3 is 2.80 bits per heavy atom. The van der Waals surface area contributed by atoms with E-state index in [2.05, 4.69) is 5.32 Å². The van der Waals surface area contributed by atoms with Crippen LogP contribution in [0.1, 0.15) is 38.5 Å². The number of thioether (sulfide) groups is 1. The van der Waals surface area contributed by atoms with Crippen molar-refractivity contribution in [3.63, 3.8) is 0 Å². The average Bonchev–Trinajstić information content (AvgIpc) is 2.42. The molecule has 1 aromatic rings. The lowest BCUT2D eigenvalue weighted by molar-refractivity contribution is -0.121. The van der Waals surface area contributed by atoms with E-state index in [-0.39, 0.29) is 11.7 Å². The van der Waals surface area contributed by atoms with Crippen LogP contribution in [0.25, 0.3) is 0 Å². The van der Waals surface area contributed by atoms with Crippen molar-refractivity contribution in [3.8, 4) is 0 Å². The van der Waals surface area contributed by atoms with Gasteiger partial charge < -0.3 is 11.1 Å². The molecule has 0 aliphatic heterocycles. The molecule has 1 aliphatic rings. The summed E-state index contributed by atoms with van der Waals surface area (Å²) in [5.41, 5.74) is 6.16. The molecule has 3 N–H and O–H groups in total. The number of carbonyl (C=O) groups is 1. The predicted molar refractivity (Wildman–Crippen MR) is 81.2 cm³/mol. The van der Waals surface area contributed by atoms with Crippen LogP contribution in [0, 0.1) is 5.82 Å². The van der Waals surface area contributed by atoms with E-state index in [1.54, 1.807) is 6.07 Å². The summed E-state index contributed by atoms with van der Waals surface area (Å²) in [6.07, 6.45) is 6.38. The van der Waals surface area contributed by atoms with Crippen LogP contribution < -0.4 is 11.1 Å². The van der Waals surface area contributed by atoms with E-state index >= 15 is 0 Å². The lowest BCUT2D eigenvalue weighted by Gasteiger charge is -2.22. The van der Waals surface area contributed by atoms with Gasteiger partial charge in [-0.05, 0) is 31.0 Å². The Balaban J connectivity index is 1.70. The van der Waals surface area contributed by atoms with Gasteiger partial charge in [-0.2, -0.15) is 0 Å². The topological polar surface area (TPSA) is 55.1 Å². The second kappa shape index (κ2) is 7.53. The number of benzene rings is 1. The Labute approximate surface area is 123 Å². The van der Waals surface area contributed by atoms with Crippen molar-refractivity contribution in [1.29, 1.82) is 0 Å². The van der Waals surface area contributed by atoms with Gasteiger partial charge in [0.1, 0.15) is 5.82 Å². The van der Waals surface area contributed by atoms with E-state index in [1.165, 1.54) is 43.2 Å². The number of nitrogens with two attached hydrogens (primary N) is 1. The van der Waals surface area contributed by atoms with Crippen LogP contribution >= 0.6 is 11.8 Å². The molecular formula is C15H21FN2OS. The molecule has 0 unspecified atom stereocenters. The molecular weight excluding hydrogens is 275 g/mol. The standard InChI is InChI=1S/C15H21FN2OS/c16-11-6-7-14(13(17)10-11)20-9-8-15(19)18-12-4-2-1-3-5-12/h6-7,10,12H,1-5,8-9,17H2,(H,18,19). The first kappa shape index (κ1) is 15.2. The van der Waals surface area contributed by atoms with Gasteiger partial charge >= 0.3 is 0 Å². The van der Waals surface area contributed by atoms with Crippen LogP contribution in [-0.2, 0) is 4.79 Å². The summed E-state index contributed by atoms with van der Waals surface area (Å²) >= 11 is 1.49. The Morgan fingerprint density at radius 2 is 2.10 bits per heavy atom. The molecule has 0 atom stereocenters. The Bertz CT molecular complexity index is 461. The van der Waals surface area contributed by atoms with Crippen LogP contribution in [0.3, 0.4) is 0 Å². The molecule has 0 spiro atoms. The summed E-state index contributed by atoms with van der Waals surface area (Å²) in [7, 11) is 0. The first-order valence-electron chi connectivity index (χ1n) is 7.12. The van der Waals surface area contributed by atoms with E-state index in [0.717, 1.165) is 17.7 Å². The molecule has 0 aromatic heterocycles. The van der Waals surface area contributed by atoms with Gasteiger partial charge in [-0.15, -0.1) is 11.8 Å². The monoisotopic (exact) mass is 296 g/mol. The summed E-state index contributed by atoms with van der Waals surface area (Å²) in [5, 5.41) is 3.09. The predicted octanol–water partition coefficient (Wildman–Crippen LogP) is 3.34. The summed E-state index contributed by atoms with van der Waals surface area (Å²) < 4.78 is 12.9. The lowest BCUT2D eigenvalue weighted by atomic mass is 9.95. The summed E-state index contributed by atoms with van der Waals surface area (Å²) in [5.74, 6) is 0.431. The summed E-state index contributed by atoms with van der Waals surface area (Å²) in [6.45, 7) is 0. The van der Waals surface area contributed by atoms with Crippen LogP contribution in [-0.4, -0.2) is 17.7 Å². The number of rotatable bonds is 5. The molecule has 20 heavy (non-hydrogen) atoms. The number of nitrogens with one attached hydrogen (secondary N) is 1. The summed E-state index contributed by atoms with van der Waals surface area (Å²) in [4.78, 5) is 12.7. The number of hydrogen-bond acceptors (Lipinski definition) is 3. The third-order valence-electron chi connectivity index (χ3n) is 3.53. The lowest BCUT2D eigenvalue weighted by Crippen LogP contribution is -2.36. The van der Waals surface area contributed by atoms with E-state index in [0.29, 0.717) is 23.9 Å². The maximum absolute atomic E-state index is 12.9. The van der Waals surface area contributed by atoms with Crippen molar-refractivity contribution in [1.82, 2.24) is 5.32 Å². The minimum Gasteiger partial charge on any atom is -0.398 e. The smallest absolute Gasteiger partial charge is 0.221 e. The maximum atomic E-state index is 12.9. The number of nitrogen functional groups attached to an aromatic ring is 1. The normalized spacial score (nSPS) is 16.1. The fourth-order valence-corrected chi connectivity index (χ4v) is 3.35. The van der Waals surface area contributed by atoms with E-state index in [9.17, 15) is 9.18 Å². The molecule has 1 aliphatic carbocycles. The zero-order chi connectivity index (χ0) is 14.4.